The zero-order chi connectivity index (χ0) is 10.8. The number of pyridine rings is 1. The van der Waals surface area contributed by atoms with Crippen molar-refractivity contribution in [2.24, 2.45) is 11.5 Å². The van der Waals surface area contributed by atoms with Crippen LogP contribution in [0.25, 0.3) is 0 Å². The normalized spacial score (nSPS) is 14.8. The number of halogens is 1. The van der Waals surface area contributed by atoms with Gasteiger partial charge in [0.2, 0.25) is 5.91 Å². The summed E-state index contributed by atoms with van der Waals surface area (Å²) in [5.41, 5.74) is 9.88. The number of hydrogen-bond donors (Lipinski definition) is 2. The van der Waals surface area contributed by atoms with Crippen LogP contribution < -0.4 is 11.5 Å². The monoisotopic (exact) mass is 197 g/mol. The molecule has 1 unspecified atom stereocenters. The fourth-order valence-corrected chi connectivity index (χ4v) is 1.12. The van der Waals surface area contributed by atoms with Gasteiger partial charge >= 0.3 is 0 Å². The third-order valence-corrected chi connectivity index (χ3v) is 2.18. The van der Waals surface area contributed by atoms with Crippen LogP contribution >= 0.6 is 0 Å². The lowest BCUT2D eigenvalue weighted by Gasteiger charge is -2.23. The van der Waals surface area contributed by atoms with Crippen LogP contribution in [0.15, 0.2) is 18.3 Å². The molecular weight excluding hydrogens is 185 g/mol. The average Bonchev–Trinajstić information content (AvgIpc) is 2.17. The predicted molar refractivity (Wildman–Crippen MR) is 49.5 cm³/mol. The van der Waals surface area contributed by atoms with Crippen LogP contribution in [0.1, 0.15) is 19.0 Å². The molecular formula is C9H12FN3O. The van der Waals surface area contributed by atoms with E-state index in [9.17, 15) is 9.18 Å². The first-order chi connectivity index (χ1) is 6.50. The molecule has 1 aromatic rings. The Bertz CT molecular complexity index is 338. The van der Waals surface area contributed by atoms with Crippen LogP contribution in [-0.4, -0.2) is 10.9 Å². The molecule has 0 fully saturated rings. The van der Waals surface area contributed by atoms with Crippen LogP contribution in [0.5, 0.6) is 0 Å². The highest BCUT2D eigenvalue weighted by Gasteiger charge is 2.33. The molecule has 0 aliphatic rings. The highest BCUT2D eigenvalue weighted by atomic mass is 19.1. The fraction of sp³-hybridized carbons (Fsp3) is 0.333. The maximum absolute atomic E-state index is 12.6. The Morgan fingerprint density at radius 1 is 1.64 bits per heavy atom. The standard InChI is InChI=1S/C9H12FN3O/c1-2-9(12,8(11)14)7-4-3-6(10)5-13-7/h3-5H,2,12H2,1H3,(H2,11,14). The van der Waals surface area contributed by atoms with E-state index >= 15 is 0 Å². The minimum atomic E-state index is -1.31. The van der Waals surface area contributed by atoms with Crippen LogP contribution in [0, 0.1) is 5.82 Å². The van der Waals surface area contributed by atoms with Gasteiger partial charge in [0.1, 0.15) is 11.4 Å². The molecule has 1 aromatic heterocycles. The lowest BCUT2D eigenvalue weighted by atomic mass is 9.92. The van der Waals surface area contributed by atoms with Gasteiger partial charge in [-0.1, -0.05) is 6.92 Å². The second-order valence-corrected chi connectivity index (χ2v) is 3.05. The van der Waals surface area contributed by atoms with Crippen molar-refractivity contribution in [1.82, 2.24) is 4.98 Å². The summed E-state index contributed by atoms with van der Waals surface area (Å²) >= 11 is 0. The largest absolute Gasteiger partial charge is 0.368 e. The molecule has 1 atom stereocenters. The lowest BCUT2D eigenvalue weighted by Crippen LogP contribution is -2.49. The molecule has 0 aromatic carbocycles. The van der Waals surface area contributed by atoms with E-state index in [2.05, 4.69) is 4.98 Å². The Kier molecular flexibility index (Phi) is 2.81. The molecule has 0 saturated heterocycles. The topological polar surface area (TPSA) is 82.0 Å². The highest BCUT2D eigenvalue weighted by Crippen LogP contribution is 2.19. The van der Waals surface area contributed by atoms with Crippen LogP contribution in [-0.2, 0) is 10.3 Å². The van der Waals surface area contributed by atoms with Crippen molar-refractivity contribution in [1.29, 1.82) is 0 Å². The van der Waals surface area contributed by atoms with Crippen molar-refractivity contribution < 1.29 is 9.18 Å². The van der Waals surface area contributed by atoms with Gasteiger partial charge in [-0.2, -0.15) is 0 Å². The van der Waals surface area contributed by atoms with Gasteiger partial charge < -0.3 is 11.5 Å². The van der Waals surface area contributed by atoms with Crippen molar-refractivity contribution in [2.75, 3.05) is 0 Å². The summed E-state index contributed by atoms with van der Waals surface area (Å²) in [6, 6.07) is 2.56. The number of nitrogens with two attached hydrogens (primary N) is 2. The second-order valence-electron chi connectivity index (χ2n) is 3.05. The number of carbonyl (C=O) groups is 1. The minimum Gasteiger partial charge on any atom is -0.368 e. The summed E-state index contributed by atoms with van der Waals surface area (Å²) < 4.78 is 12.6. The molecule has 0 radical (unpaired) electrons. The zero-order valence-electron chi connectivity index (χ0n) is 7.83. The molecule has 0 bridgehead atoms. The zero-order valence-corrected chi connectivity index (χ0v) is 7.83. The smallest absolute Gasteiger partial charge is 0.243 e. The number of primary amides is 1. The van der Waals surface area contributed by atoms with E-state index in [4.69, 9.17) is 11.5 Å². The van der Waals surface area contributed by atoms with Gasteiger partial charge in [0.05, 0.1) is 11.9 Å². The number of aromatic nitrogens is 1. The molecule has 5 heteroatoms. The van der Waals surface area contributed by atoms with E-state index in [-0.39, 0.29) is 5.69 Å². The first-order valence-corrected chi connectivity index (χ1v) is 4.21. The summed E-state index contributed by atoms with van der Waals surface area (Å²) in [5, 5.41) is 0. The van der Waals surface area contributed by atoms with Gasteiger partial charge in [-0.15, -0.1) is 0 Å². The van der Waals surface area contributed by atoms with E-state index in [0.29, 0.717) is 6.42 Å². The van der Waals surface area contributed by atoms with Crippen molar-refractivity contribution in [3.05, 3.63) is 29.8 Å². The molecule has 0 aliphatic heterocycles. The van der Waals surface area contributed by atoms with Gasteiger partial charge in [-0.25, -0.2) is 4.39 Å². The SMILES string of the molecule is CCC(N)(C(N)=O)c1ccc(F)cn1. The van der Waals surface area contributed by atoms with Gasteiger partial charge in [-0.05, 0) is 18.6 Å². The average molecular weight is 197 g/mol. The van der Waals surface area contributed by atoms with Crippen LogP contribution in [0.2, 0.25) is 0 Å². The number of rotatable bonds is 3. The molecule has 4 N–H and O–H groups in total. The van der Waals surface area contributed by atoms with Crippen LogP contribution in [0.3, 0.4) is 0 Å². The van der Waals surface area contributed by atoms with Gasteiger partial charge in [0.25, 0.3) is 0 Å². The lowest BCUT2D eigenvalue weighted by molar-refractivity contribution is -0.123. The van der Waals surface area contributed by atoms with E-state index < -0.39 is 17.3 Å². The maximum atomic E-state index is 12.6. The quantitative estimate of drug-likeness (QED) is 0.729. The number of amides is 1. The molecule has 0 saturated carbocycles. The summed E-state index contributed by atoms with van der Waals surface area (Å²) in [6.07, 6.45) is 1.33. The Hall–Kier alpha value is -1.49. The Morgan fingerprint density at radius 3 is 2.64 bits per heavy atom. The van der Waals surface area contributed by atoms with Crippen molar-refractivity contribution >= 4 is 5.91 Å². The summed E-state index contributed by atoms with van der Waals surface area (Å²) in [6.45, 7) is 1.72. The first kappa shape index (κ1) is 10.6. The summed E-state index contributed by atoms with van der Waals surface area (Å²) in [7, 11) is 0. The Labute approximate surface area is 81.1 Å². The van der Waals surface area contributed by atoms with E-state index in [1.165, 1.54) is 12.1 Å². The highest BCUT2D eigenvalue weighted by molar-refractivity contribution is 5.85. The summed E-state index contributed by atoms with van der Waals surface area (Å²) in [4.78, 5) is 14.8. The second kappa shape index (κ2) is 3.71. The molecule has 4 nitrogen and oxygen atoms in total. The number of nitrogens with zero attached hydrogens (tertiary/aromatic N) is 1. The van der Waals surface area contributed by atoms with Crippen molar-refractivity contribution in [3.63, 3.8) is 0 Å². The predicted octanol–water partition coefficient (Wildman–Crippen LogP) is 0.270. The molecule has 1 rings (SSSR count). The number of hydrogen-bond acceptors (Lipinski definition) is 3. The molecule has 0 aliphatic carbocycles. The number of carbonyl (C=O) groups excluding carboxylic acids is 1. The first-order valence-electron chi connectivity index (χ1n) is 4.21. The van der Waals surface area contributed by atoms with Gasteiger partial charge in [0.15, 0.2) is 0 Å². The Morgan fingerprint density at radius 2 is 2.29 bits per heavy atom. The van der Waals surface area contributed by atoms with Crippen molar-refractivity contribution in [3.8, 4) is 0 Å². The molecule has 14 heavy (non-hydrogen) atoms. The third-order valence-electron chi connectivity index (χ3n) is 2.18. The van der Waals surface area contributed by atoms with Crippen LogP contribution in [0.4, 0.5) is 4.39 Å². The summed E-state index contributed by atoms with van der Waals surface area (Å²) in [5.74, 6) is -1.14. The van der Waals surface area contributed by atoms with Gasteiger partial charge in [-0.3, -0.25) is 9.78 Å². The van der Waals surface area contributed by atoms with E-state index in [0.717, 1.165) is 6.20 Å². The Balaban J connectivity index is 3.13. The van der Waals surface area contributed by atoms with E-state index in [1.54, 1.807) is 6.92 Å². The maximum Gasteiger partial charge on any atom is 0.243 e. The minimum absolute atomic E-state index is 0.286. The third kappa shape index (κ3) is 1.72. The molecule has 1 amide bonds. The molecule has 0 spiro atoms. The van der Waals surface area contributed by atoms with Gasteiger partial charge in [0, 0.05) is 0 Å². The molecule has 1 heterocycles. The van der Waals surface area contributed by atoms with Crippen molar-refractivity contribution in [2.45, 2.75) is 18.9 Å². The molecule has 76 valence electrons. The fourth-order valence-electron chi connectivity index (χ4n) is 1.12. The van der Waals surface area contributed by atoms with E-state index in [1.807, 2.05) is 0 Å².